The SMILES string of the molecule is Cc1cccc2c1nc(N)n2CCc1ncon1. The van der Waals surface area contributed by atoms with Crippen molar-refractivity contribution in [2.24, 2.45) is 0 Å². The minimum absolute atomic E-state index is 0.516. The van der Waals surface area contributed by atoms with E-state index in [9.17, 15) is 0 Å². The molecule has 0 unspecified atom stereocenters. The molecule has 2 aromatic heterocycles. The molecule has 18 heavy (non-hydrogen) atoms. The summed E-state index contributed by atoms with van der Waals surface area (Å²) in [6.45, 7) is 2.71. The molecule has 2 N–H and O–H groups in total. The topological polar surface area (TPSA) is 82.8 Å². The number of aromatic nitrogens is 4. The summed E-state index contributed by atoms with van der Waals surface area (Å²) in [5.74, 6) is 1.19. The first-order valence-electron chi connectivity index (χ1n) is 5.72. The summed E-state index contributed by atoms with van der Waals surface area (Å²) in [7, 11) is 0. The Morgan fingerprint density at radius 3 is 3.06 bits per heavy atom. The summed E-state index contributed by atoms with van der Waals surface area (Å²) in [4.78, 5) is 8.38. The molecule has 0 radical (unpaired) electrons. The number of hydrogen-bond acceptors (Lipinski definition) is 5. The highest BCUT2D eigenvalue weighted by Crippen LogP contribution is 2.21. The van der Waals surface area contributed by atoms with Crippen LogP contribution in [0.2, 0.25) is 0 Å². The third-order valence-corrected chi connectivity index (χ3v) is 2.98. The van der Waals surface area contributed by atoms with Gasteiger partial charge < -0.3 is 14.8 Å². The zero-order valence-corrected chi connectivity index (χ0v) is 10.00. The Morgan fingerprint density at radius 2 is 2.28 bits per heavy atom. The van der Waals surface area contributed by atoms with Crippen molar-refractivity contribution in [3.05, 3.63) is 36.0 Å². The number of hydrogen-bond donors (Lipinski definition) is 1. The lowest BCUT2D eigenvalue weighted by Gasteiger charge is -2.04. The van der Waals surface area contributed by atoms with Crippen molar-refractivity contribution in [1.82, 2.24) is 19.7 Å². The third-order valence-electron chi connectivity index (χ3n) is 2.98. The molecule has 3 rings (SSSR count). The second kappa shape index (κ2) is 4.14. The third kappa shape index (κ3) is 1.71. The Morgan fingerprint density at radius 1 is 1.39 bits per heavy atom. The average molecular weight is 243 g/mol. The first-order chi connectivity index (χ1) is 8.75. The largest absolute Gasteiger partial charge is 0.369 e. The van der Waals surface area contributed by atoms with Crippen LogP contribution >= 0.6 is 0 Å². The Labute approximate surface area is 103 Å². The summed E-state index contributed by atoms with van der Waals surface area (Å²) in [6, 6.07) is 6.05. The van der Waals surface area contributed by atoms with Gasteiger partial charge in [-0.3, -0.25) is 0 Å². The monoisotopic (exact) mass is 243 g/mol. The zero-order chi connectivity index (χ0) is 12.5. The van der Waals surface area contributed by atoms with Gasteiger partial charge in [-0.05, 0) is 18.6 Å². The minimum Gasteiger partial charge on any atom is -0.369 e. The number of anilines is 1. The minimum atomic E-state index is 0.516. The van der Waals surface area contributed by atoms with Crippen LogP contribution in [0, 0.1) is 6.92 Å². The lowest BCUT2D eigenvalue weighted by atomic mass is 10.2. The van der Waals surface area contributed by atoms with Crippen LogP contribution in [0.15, 0.2) is 29.1 Å². The van der Waals surface area contributed by atoms with E-state index < -0.39 is 0 Å². The molecule has 6 nitrogen and oxygen atoms in total. The predicted octanol–water partition coefficient (Wildman–Crippen LogP) is 1.55. The van der Waals surface area contributed by atoms with Gasteiger partial charge in [0, 0.05) is 13.0 Å². The van der Waals surface area contributed by atoms with Crippen molar-refractivity contribution in [1.29, 1.82) is 0 Å². The maximum Gasteiger partial charge on any atom is 0.213 e. The fourth-order valence-corrected chi connectivity index (χ4v) is 2.05. The van der Waals surface area contributed by atoms with E-state index in [0.717, 1.165) is 16.6 Å². The zero-order valence-electron chi connectivity index (χ0n) is 10.00. The van der Waals surface area contributed by atoms with Gasteiger partial charge in [-0.25, -0.2) is 4.98 Å². The molecule has 0 fully saturated rings. The molecule has 1 aromatic carbocycles. The summed E-state index contributed by atoms with van der Waals surface area (Å²) in [6.07, 6.45) is 1.99. The van der Waals surface area contributed by atoms with Crippen LogP contribution < -0.4 is 5.73 Å². The van der Waals surface area contributed by atoms with E-state index in [0.29, 0.717) is 24.7 Å². The normalized spacial score (nSPS) is 11.2. The molecule has 0 aliphatic rings. The Hall–Kier alpha value is -2.37. The number of fused-ring (bicyclic) bond motifs is 1. The molecule has 0 bridgehead atoms. The molecule has 2 heterocycles. The van der Waals surface area contributed by atoms with Gasteiger partial charge in [0.15, 0.2) is 5.82 Å². The van der Waals surface area contributed by atoms with E-state index >= 15 is 0 Å². The van der Waals surface area contributed by atoms with Gasteiger partial charge in [0.05, 0.1) is 11.0 Å². The van der Waals surface area contributed by atoms with E-state index in [-0.39, 0.29) is 0 Å². The van der Waals surface area contributed by atoms with Gasteiger partial charge in [-0.1, -0.05) is 17.3 Å². The Balaban J connectivity index is 1.96. The lowest BCUT2D eigenvalue weighted by molar-refractivity contribution is 0.408. The van der Waals surface area contributed by atoms with Crippen LogP contribution in [0.1, 0.15) is 11.4 Å². The molecular formula is C12H13N5O. The summed E-state index contributed by atoms with van der Waals surface area (Å²) >= 11 is 0. The van der Waals surface area contributed by atoms with Crippen molar-refractivity contribution in [2.45, 2.75) is 19.9 Å². The van der Waals surface area contributed by atoms with Gasteiger partial charge in [0.2, 0.25) is 12.3 Å². The maximum atomic E-state index is 5.95. The molecule has 0 spiro atoms. The fourth-order valence-electron chi connectivity index (χ4n) is 2.05. The summed E-state index contributed by atoms with van der Waals surface area (Å²) in [5.41, 5.74) is 9.06. The molecule has 0 aliphatic carbocycles. The highest BCUT2D eigenvalue weighted by atomic mass is 16.5. The van der Waals surface area contributed by atoms with Crippen LogP contribution in [-0.2, 0) is 13.0 Å². The van der Waals surface area contributed by atoms with Crippen LogP contribution in [0.4, 0.5) is 5.95 Å². The van der Waals surface area contributed by atoms with E-state index in [1.807, 2.05) is 29.7 Å². The van der Waals surface area contributed by atoms with Crippen molar-refractivity contribution >= 4 is 17.0 Å². The Kier molecular flexibility index (Phi) is 2.47. The number of aryl methyl sites for hydroxylation is 3. The predicted molar refractivity (Wildman–Crippen MR) is 66.9 cm³/mol. The van der Waals surface area contributed by atoms with Crippen LogP contribution in [-0.4, -0.2) is 19.7 Å². The Bertz CT molecular complexity index is 671. The van der Waals surface area contributed by atoms with Crippen molar-refractivity contribution in [3.63, 3.8) is 0 Å². The van der Waals surface area contributed by atoms with E-state index in [1.54, 1.807) is 0 Å². The molecular weight excluding hydrogens is 230 g/mol. The second-order valence-corrected chi connectivity index (χ2v) is 4.16. The van der Waals surface area contributed by atoms with Crippen LogP contribution in [0.25, 0.3) is 11.0 Å². The van der Waals surface area contributed by atoms with Gasteiger partial charge >= 0.3 is 0 Å². The first kappa shape index (κ1) is 10.8. The van der Waals surface area contributed by atoms with Crippen LogP contribution in [0.5, 0.6) is 0 Å². The molecule has 6 heteroatoms. The molecule has 3 aromatic rings. The quantitative estimate of drug-likeness (QED) is 0.754. The van der Waals surface area contributed by atoms with Gasteiger partial charge in [0.25, 0.3) is 0 Å². The van der Waals surface area contributed by atoms with E-state index in [1.165, 1.54) is 6.39 Å². The molecule has 0 aliphatic heterocycles. The van der Waals surface area contributed by atoms with E-state index in [4.69, 9.17) is 10.3 Å². The molecule has 0 amide bonds. The second-order valence-electron chi connectivity index (χ2n) is 4.16. The van der Waals surface area contributed by atoms with Gasteiger partial charge in [-0.15, -0.1) is 0 Å². The number of nitrogens with zero attached hydrogens (tertiary/aromatic N) is 4. The number of nitrogens with two attached hydrogens (primary N) is 1. The maximum absolute atomic E-state index is 5.95. The van der Waals surface area contributed by atoms with Gasteiger partial charge in [-0.2, -0.15) is 4.98 Å². The van der Waals surface area contributed by atoms with Crippen LogP contribution in [0.3, 0.4) is 0 Å². The van der Waals surface area contributed by atoms with E-state index in [2.05, 4.69) is 15.1 Å². The molecule has 0 atom stereocenters. The number of rotatable bonds is 3. The molecule has 0 saturated carbocycles. The standard InChI is InChI=1S/C12H13N5O/c1-8-3-2-4-9-11(8)15-12(13)17(9)6-5-10-14-7-18-16-10/h2-4,7H,5-6H2,1H3,(H2,13,15). The number of benzene rings is 1. The highest BCUT2D eigenvalue weighted by molar-refractivity contribution is 5.81. The number of para-hydroxylation sites is 1. The average Bonchev–Trinajstić information content (AvgIpc) is 2.95. The van der Waals surface area contributed by atoms with Crippen molar-refractivity contribution < 1.29 is 4.52 Å². The smallest absolute Gasteiger partial charge is 0.213 e. The fraction of sp³-hybridized carbons (Fsp3) is 0.250. The lowest BCUT2D eigenvalue weighted by Crippen LogP contribution is -2.06. The molecule has 0 saturated heterocycles. The highest BCUT2D eigenvalue weighted by Gasteiger charge is 2.10. The molecule has 92 valence electrons. The summed E-state index contributed by atoms with van der Waals surface area (Å²) in [5, 5.41) is 3.78. The van der Waals surface area contributed by atoms with Crippen molar-refractivity contribution in [2.75, 3.05) is 5.73 Å². The van der Waals surface area contributed by atoms with Gasteiger partial charge in [0.1, 0.15) is 0 Å². The number of nitrogen functional groups attached to an aromatic ring is 1. The summed E-state index contributed by atoms with van der Waals surface area (Å²) < 4.78 is 6.67. The first-order valence-corrected chi connectivity index (χ1v) is 5.72. The van der Waals surface area contributed by atoms with Crippen molar-refractivity contribution in [3.8, 4) is 0 Å². The number of imidazole rings is 1.